The van der Waals surface area contributed by atoms with Crippen molar-refractivity contribution in [1.29, 1.82) is 0 Å². The molecule has 1 aromatic heterocycles. The van der Waals surface area contributed by atoms with Gasteiger partial charge in [0.15, 0.2) is 0 Å². The summed E-state index contributed by atoms with van der Waals surface area (Å²) in [6.45, 7) is 1.92. The van der Waals surface area contributed by atoms with Crippen molar-refractivity contribution < 1.29 is 14.6 Å². The number of carbonyl (C=O) groups excluding carboxylic acids is 1. The van der Waals surface area contributed by atoms with Gasteiger partial charge in [0.25, 0.3) is 0 Å². The van der Waals surface area contributed by atoms with E-state index in [4.69, 9.17) is 4.74 Å². The molecule has 0 spiro atoms. The Hall–Kier alpha value is -2.30. The summed E-state index contributed by atoms with van der Waals surface area (Å²) >= 11 is 0. The van der Waals surface area contributed by atoms with Gasteiger partial charge in [0.05, 0.1) is 18.8 Å². The molecule has 1 heterocycles. The van der Waals surface area contributed by atoms with E-state index in [1.54, 1.807) is 25.3 Å². The van der Waals surface area contributed by atoms with Gasteiger partial charge in [-0.25, -0.2) is 0 Å². The predicted octanol–water partition coefficient (Wildman–Crippen LogP) is 2.69. The van der Waals surface area contributed by atoms with Gasteiger partial charge in [-0.3, -0.25) is 9.78 Å². The number of benzene rings is 1. The molecule has 5 heteroatoms. The molecule has 0 saturated carbocycles. The Morgan fingerprint density at radius 2 is 2.26 bits per heavy atom. The number of nitrogens with one attached hydrogen (secondary N) is 1. The van der Waals surface area contributed by atoms with Gasteiger partial charge in [-0.05, 0) is 18.6 Å². The minimum Gasteiger partial charge on any atom is -0.505 e. The van der Waals surface area contributed by atoms with E-state index >= 15 is 0 Å². The molecular formula is C14H16N2O3. The zero-order chi connectivity index (χ0) is 13.8. The molecule has 1 amide bonds. The molecule has 0 aliphatic carbocycles. The maximum Gasteiger partial charge on any atom is 0.224 e. The first-order valence-corrected chi connectivity index (χ1v) is 6.11. The lowest BCUT2D eigenvalue weighted by atomic mass is 10.1. The monoisotopic (exact) mass is 260 g/mol. The van der Waals surface area contributed by atoms with Crippen LogP contribution in [0.4, 0.5) is 5.69 Å². The van der Waals surface area contributed by atoms with Crippen LogP contribution < -0.4 is 10.1 Å². The van der Waals surface area contributed by atoms with E-state index in [1.807, 2.05) is 6.92 Å². The van der Waals surface area contributed by atoms with Gasteiger partial charge in [0.2, 0.25) is 5.91 Å². The third-order valence-electron chi connectivity index (χ3n) is 2.80. The van der Waals surface area contributed by atoms with Gasteiger partial charge in [-0.1, -0.05) is 6.92 Å². The molecule has 0 aliphatic rings. The van der Waals surface area contributed by atoms with Crippen LogP contribution in [0.15, 0.2) is 24.4 Å². The number of hydrogen-bond acceptors (Lipinski definition) is 4. The fourth-order valence-corrected chi connectivity index (χ4v) is 1.82. The highest BCUT2D eigenvalue weighted by Gasteiger charge is 2.10. The van der Waals surface area contributed by atoms with E-state index in [2.05, 4.69) is 10.3 Å². The molecule has 0 bridgehead atoms. The second-order valence-corrected chi connectivity index (χ2v) is 4.20. The topological polar surface area (TPSA) is 71.5 Å². The van der Waals surface area contributed by atoms with Crippen molar-refractivity contribution in [2.45, 2.75) is 19.8 Å². The number of anilines is 1. The van der Waals surface area contributed by atoms with E-state index in [1.165, 1.54) is 6.20 Å². The first-order chi connectivity index (χ1) is 9.15. The highest BCUT2D eigenvalue weighted by atomic mass is 16.5. The van der Waals surface area contributed by atoms with Gasteiger partial charge in [0.1, 0.15) is 17.2 Å². The lowest BCUT2D eigenvalue weighted by Crippen LogP contribution is -2.11. The maximum absolute atomic E-state index is 11.5. The minimum absolute atomic E-state index is 0.0251. The van der Waals surface area contributed by atoms with Crippen LogP contribution in [0.3, 0.4) is 0 Å². The number of nitrogens with zero attached hydrogens (tertiary/aromatic N) is 1. The van der Waals surface area contributed by atoms with E-state index < -0.39 is 0 Å². The van der Waals surface area contributed by atoms with Crippen molar-refractivity contribution in [2.75, 3.05) is 12.4 Å². The van der Waals surface area contributed by atoms with Crippen LogP contribution in [-0.2, 0) is 4.79 Å². The van der Waals surface area contributed by atoms with E-state index in [0.717, 1.165) is 6.42 Å². The fraction of sp³-hybridized carbons (Fsp3) is 0.286. The second-order valence-electron chi connectivity index (χ2n) is 4.20. The zero-order valence-electron chi connectivity index (χ0n) is 10.9. The number of methoxy groups -OCH3 is 1. The van der Waals surface area contributed by atoms with Crippen molar-refractivity contribution in [3.05, 3.63) is 24.4 Å². The second kappa shape index (κ2) is 5.56. The molecular weight excluding hydrogens is 244 g/mol. The van der Waals surface area contributed by atoms with Crippen LogP contribution in [0.5, 0.6) is 11.5 Å². The van der Waals surface area contributed by atoms with Crippen LogP contribution >= 0.6 is 0 Å². The number of ether oxygens (including phenoxy) is 1. The Morgan fingerprint density at radius 3 is 2.95 bits per heavy atom. The number of rotatable bonds is 4. The highest BCUT2D eigenvalue weighted by molar-refractivity contribution is 5.97. The molecule has 100 valence electrons. The van der Waals surface area contributed by atoms with Crippen molar-refractivity contribution >= 4 is 22.5 Å². The van der Waals surface area contributed by atoms with Crippen molar-refractivity contribution in [2.24, 2.45) is 0 Å². The summed E-state index contributed by atoms with van der Waals surface area (Å²) in [6, 6.07) is 5.18. The third kappa shape index (κ3) is 2.76. The van der Waals surface area contributed by atoms with Crippen LogP contribution in [0.2, 0.25) is 0 Å². The lowest BCUT2D eigenvalue weighted by molar-refractivity contribution is -0.116. The van der Waals surface area contributed by atoms with E-state index in [-0.39, 0.29) is 11.7 Å². The molecule has 0 aliphatic heterocycles. The highest BCUT2D eigenvalue weighted by Crippen LogP contribution is 2.32. The first kappa shape index (κ1) is 13.1. The number of amides is 1. The summed E-state index contributed by atoms with van der Waals surface area (Å²) in [7, 11) is 1.57. The summed E-state index contributed by atoms with van der Waals surface area (Å²) in [5.41, 5.74) is 0.946. The molecule has 0 unspecified atom stereocenters. The molecule has 19 heavy (non-hydrogen) atoms. The molecule has 0 radical (unpaired) electrons. The fourth-order valence-electron chi connectivity index (χ4n) is 1.82. The maximum atomic E-state index is 11.5. The zero-order valence-corrected chi connectivity index (χ0v) is 10.9. The molecule has 5 nitrogen and oxygen atoms in total. The van der Waals surface area contributed by atoms with Crippen molar-refractivity contribution in [3.8, 4) is 11.5 Å². The Bertz CT molecular complexity index is 611. The van der Waals surface area contributed by atoms with Gasteiger partial charge in [0, 0.05) is 17.9 Å². The molecule has 2 rings (SSSR count). The lowest BCUT2D eigenvalue weighted by Gasteiger charge is -2.09. The van der Waals surface area contributed by atoms with E-state index in [9.17, 15) is 9.90 Å². The van der Waals surface area contributed by atoms with Crippen LogP contribution in [0, 0.1) is 0 Å². The van der Waals surface area contributed by atoms with Crippen LogP contribution in [-0.4, -0.2) is 23.1 Å². The molecule has 2 N–H and O–H groups in total. The number of aromatic hydroxyl groups is 1. The summed E-state index contributed by atoms with van der Waals surface area (Å²) in [6.07, 6.45) is 2.62. The minimum atomic E-state index is -0.132. The third-order valence-corrected chi connectivity index (χ3v) is 2.80. The number of pyridine rings is 1. The molecule has 0 atom stereocenters. The number of carbonyl (C=O) groups is 1. The van der Waals surface area contributed by atoms with Crippen molar-refractivity contribution in [1.82, 2.24) is 4.98 Å². The van der Waals surface area contributed by atoms with Gasteiger partial charge in [-0.15, -0.1) is 0 Å². The molecule has 1 aromatic carbocycles. The molecule has 2 aromatic rings. The van der Waals surface area contributed by atoms with Crippen LogP contribution in [0.1, 0.15) is 19.8 Å². The number of hydrogen-bond donors (Lipinski definition) is 2. The summed E-state index contributed by atoms with van der Waals surface area (Å²) in [4.78, 5) is 15.7. The Kier molecular flexibility index (Phi) is 3.85. The predicted molar refractivity (Wildman–Crippen MR) is 73.5 cm³/mol. The normalized spacial score (nSPS) is 10.4. The molecule has 0 saturated heterocycles. The van der Waals surface area contributed by atoms with Gasteiger partial charge >= 0.3 is 0 Å². The largest absolute Gasteiger partial charge is 0.505 e. The Morgan fingerprint density at radius 1 is 1.47 bits per heavy atom. The van der Waals surface area contributed by atoms with Gasteiger partial charge < -0.3 is 15.2 Å². The first-order valence-electron chi connectivity index (χ1n) is 6.11. The van der Waals surface area contributed by atoms with Gasteiger partial charge in [-0.2, -0.15) is 0 Å². The van der Waals surface area contributed by atoms with E-state index in [0.29, 0.717) is 28.8 Å². The standard InChI is InChI=1S/C14H16N2O3/c1-3-4-13(17)16-12-8-15-11-7-9(19-2)5-6-10(11)14(12)18/h5-8H,3-4H2,1-2H3,(H,15,18)(H,16,17). The van der Waals surface area contributed by atoms with Crippen molar-refractivity contribution in [3.63, 3.8) is 0 Å². The summed E-state index contributed by atoms with van der Waals surface area (Å²) < 4.78 is 5.10. The number of aromatic nitrogens is 1. The summed E-state index contributed by atoms with van der Waals surface area (Å²) in [5, 5.41) is 13.4. The smallest absolute Gasteiger partial charge is 0.224 e. The average molecular weight is 260 g/mol. The SMILES string of the molecule is CCCC(=O)Nc1cnc2cc(OC)ccc2c1O. The average Bonchev–Trinajstić information content (AvgIpc) is 2.42. The molecule has 0 fully saturated rings. The summed E-state index contributed by atoms with van der Waals surface area (Å²) in [5.74, 6) is 0.562. The number of fused-ring (bicyclic) bond motifs is 1. The quantitative estimate of drug-likeness (QED) is 0.886. The van der Waals surface area contributed by atoms with Crippen LogP contribution in [0.25, 0.3) is 10.9 Å². The Labute approximate surface area is 111 Å². The Balaban J connectivity index is 2.37.